The summed E-state index contributed by atoms with van der Waals surface area (Å²) in [7, 11) is 0. The lowest BCUT2D eigenvalue weighted by atomic mass is 10.2. The minimum atomic E-state index is -0.378. The van der Waals surface area contributed by atoms with Crippen molar-refractivity contribution in [2.75, 3.05) is 11.9 Å². The second-order valence-electron chi connectivity index (χ2n) is 5.50. The Balaban J connectivity index is 1.72. The summed E-state index contributed by atoms with van der Waals surface area (Å²) in [6.07, 6.45) is 1.55. The number of nitrogens with one attached hydrogen (secondary N) is 1. The highest BCUT2D eigenvalue weighted by atomic mass is 32.1. The van der Waals surface area contributed by atoms with Crippen molar-refractivity contribution < 1.29 is 9.59 Å². The van der Waals surface area contributed by atoms with Gasteiger partial charge in [0.25, 0.3) is 5.91 Å². The van der Waals surface area contributed by atoms with Crippen LogP contribution in [-0.2, 0) is 4.79 Å². The number of carbonyl (C=O) groups excluding carboxylic acids is 2. The summed E-state index contributed by atoms with van der Waals surface area (Å²) in [5.41, 5.74) is 2.19. The molecule has 4 rings (SSSR count). The molecule has 0 radical (unpaired) electrons. The largest absolute Gasteiger partial charge is 0.325 e. The maximum atomic E-state index is 12.7. The van der Waals surface area contributed by atoms with Crippen LogP contribution >= 0.6 is 11.3 Å². The van der Waals surface area contributed by atoms with E-state index in [0.29, 0.717) is 24.3 Å². The fourth-order valence-electron chi connectivity index (χ4n) is 2.90. The number of nitrogens with zero attached hydrogens (tertiary/aromatic N) is 2. The highest BCUT2D eigenvalue weighted by Gasteiger charge is 2.39. The van der Waals surface area contributed by atoms with Crippen molar-refractivity contribution in [2.24, 2.45) is 0 Å². The number of carbonyl (C=O) groups is 2. The molecular formula is C17H13N3O2S. The summed E-state index contributed by atoms with van der Waals surface area (Å²) in [5.74, 6) is 5.66. The van der Waals surface area contributed by atoms with Gasteiger partial charge in [0.05, 0.1) is 5.69 Å². The van der Waals surface area contributed by atoms with Gasteiger partial charge in [-0.3, -0.25) is 9.59 Å². The summed E-state index contributed by atoms with van der Waals surface area (Å²) < 4.78 is 0. The van der Waals surface area contributed by atoms with Crippen LogP contribution in [0.4, 0.5) is 5.69 Å². The van der Waals surface area contributed by atoms with E-state index in [0.717, 1.165) is 12.0 Å². The number of anilines is 1. The quantitative estimate of drug-likeness (QED) is 0.755. The van der Waals surface area contributed by atoms with Crippen molar-refractivity contribution in [3.8, 4) is 11.8 Å². The molecule has 2 aromatic heterocycles. The predicted molar refractivity (Wildman–Crippen MR) is 87.2 cm³/mol. The van der Waals surface area contributed by atoms with Crippen LogP contribution in [0.2, 0.25) is 0 Å². The Bertz CT molecular complexity index is 848. The van der Waals surface area contributed by atoms with Crippen LogP contribution in [0.15, 0.2) is 29.0 Å². The van der Waals surface area contributed by atoms with Crippen LogP contribution < -0.4 is 5.32 Å². The molecule has 2 amide bonds. The molecular weight excluding hydrogens is 310 g/mol. The van der Waals surface area contributed by atoms with Crippen molar-refractivity contribution >= 4 is 28.8 Å². The van der Waals surface area contributed by atoms with E-state index in [1.165, 1.54) is 0 Å². The molecule has 0 bridgehead atoms. The summed E-state index contributed by atoms with van der Waals surface area (Å²) >= 11 is 1.58. The summed E-state index contributed by atoms with van der Waals surface area (Å²) in [5, 5.41) is 6.73. The molecule has 0 unspecified atom stereocenters. The number of fused-ring (bicyclic) bond motifs is 2. The van der Waals surface area contributed by atoms with Crippen molar-refractivity contribution in [2.45, 2.75) is 18.9 Å². The van der Waals surface area contributed by atoms with Crippen LogP contribution in [0.5, 0.6) is 0 Å². The van der Waals surface area contributed by atoms with Crippen LogP contribution in [0.25, 0.3) is 0 Å². The highest BCUT2D eigenvalue weighted by molar-refractivity contribution is 7.08. The molecule has 1 N–H and O–H groups in total. The number of amides is 2. The normalized spacial score (nSPS) is 19.3. The summed E-state index contributed by atoms with van der Waals surface area (Å²) in [6, 6.07) is 4.98. The predicted octanol–water partition coefficient (Wildman–Crippen LogP) is 2.10. The van der Waals surface area contributed by atoms with E-state index < -0.39 is 0 Å². The standard InChI is InChI=1S/C17H13N3O2S/c21-16-14-2-1-8-20(14)17(22)15-13(19-16)6-5-12(18-15)4-3-11-7-9-23-10-11/h5-7,9-10,14H,1-2,8H2,(H,19,21)/t14-/m0/s1. The van der Waals surface area contributed by atoms with Crippen molar-refractivity contribution in [3.63, 3.8) is 0 Å². The molecule has 0 aliphatic carbocycles. The minimum absolute atomic E-state index is 0.131. The molecule has 0 spiro atoms. The first-order valence-electron chi connectivity index (χ1n) is 7.39. The van der Waals surface area contributed by atoms with Crippen molar-refractivity contribution in [1.82, 2.24) is 9.88 Å². The second kappa shape index (κ2) is 5.52. The first kappa shape index (κ1) is 14.0. The Hall–Kier alpha value is -2.65. The topological polar surface area (TPSA) is 62.3 Å². The van der Waals surface area contributed by atoms with Gasteiger partial charge in [0.1, 0.15) is 11.7 Å². The average molecular weight is 323 g/mol. The lowest BCUT2D eigenvalue weighted by Gasteiger charge is -2.19. The van der Waals surface area contributed by atoms with E-state index >= 15 is 0 Å². The SMILES string of the molecule is O=C1Nc2ccc(C#Cc3ccsc3)nc2C(=O)N2CCC[C@@H]12. The van der Waals surface area contributed by atoms with Gasteiger partial charge in [-0.1, -0.05) is 5.92 Å². The summed E-state index contributed by atoms with van der Waals surface area (Å²) in [4.78, 5) is 30.9. The number of hydrogen-bond acceptors (Lipinski definition) is 4. The monoisotopic (exact) mass is 323 g/mol. The average Bonchev–Trinajstić information content (AvgIpc) is 3.23. The zero-order valence-corrected chi connectivity index (χ0v) is 13.0. The Morgan fingerprint density at radius 1 is 1.26 bits per heavy atom. The van der Waals surface area contributed by atoms with Crippen molar-refractivity contribution in [1.29, 1.82) is 0 Å². The van der Waals surface area contributed by atoms with E-state index in [2.05, 4.69) is 22.1 Å². The molecule has 2 aromatic rings. The van der Waals surface area contributed by atoms with E-state index in [1.807, 2.05) is 16.8 Å². The van der Waals surface area contributed by atoms with Gasteiger partial charge >= 0.3 is 0 Å². The zero-order valence-electron chi connectivity index (χ0n) is 12.2. The maximum absolute atomic E-state index is 12.7. The number of hydrogen-bond donors (Lipinski definition) is 1. The third-order valence-electron chi connectivity index (χ3n) is 4.03. The van der Waals surface area contributed by atoms with Crippen LogP contribution in [0, 0.1) is 11.8 Å². The Kier molecular flexibility index (Phi) is 3.36. The molecule has 23 heavy (non-hydrogen) atoms. The molecule has 5 nitrogen and oxygen atoms in total. The van der Waals surface area contributed by atoms with Crippen LogP contribution in [0.3, 0.4) is 0 Å². The Labute approximate surface area is 137 Å². The molecule has 2 aliphatic heterocycles. The van der Waals surface area contributed by atoms with Gasteiger partial charge in [-0.15, -0.1) is 0 Å². The third-order valence-corrected chi connectivity index (χ3v) is 4.71. The molecule has 2 aliphatic rings. The molecule has 1 saturated heterocycles. The van der Waals surface area contributed by atoms with Gasteiger partial charge in [-0.2, -0.15) is 11.3 Å². The highest BCUT2D eigenvalue weighted by Crippen LogP contribution is 2.27. The van der Waals surface area contributed by atoms with Gasteiger partial charge in [0.15, 0.2) is 5.69 Å². The number of thiophene rings is 1. The van der Waals surface area contributed by atoms with Crippen LogP contribution in [0.1, 0.15) is 34.6 Å². The minimum Gasteiger partial charge on any atom is -0.325 e. The molecule has 0 aromatic carbocycles. The maximum Gasteiger partial charge on any atom is 0.275 e. The number of rotatable bonds is 0. The molecule has 0 saturated carbocycles. The van der Waals surface area contributed by atoms with Gasteiger partial charge < -0.3 is 10.2 Å². The van der Waals surface area contributed by atoms with E-state index in [4.69, 9.17) is 0 Å². The third kappa shape index (κ3) is 2.49. The van der Waals surface area contributed by atoms with Gasteiger partial charge in [0, 0.05) is 17.5 Å². The fourth-order valence-corrected chi connectivity index (χ4v) is 3.49. The summed E-state index contributed by atoms with van der Waals surface area (Å²) in [6.45, 7) is 0.600. The Morgan fingerprint density at radius 3 is 3.00 bits per heavy atom. The van der Waals surface area contributed by atoms with Gasteiger partial charge in [0.2, 0.25) is 5.91 Å². The molecule has 114 valence electrons. The smallest absolute Gasteiger partial charge is 0.275 e. The molecule has 4 heterocycles. The number of aromatic nitrogens is 1. The molecule has 6 heteroatoms. The Morgan fingerprint density at radius 2 is 2.17 bits per heavy atom. The van der Waals surface area contributed by atoms with Crippen LogP contribution in [-0.4, -0.2) is 34.3 Å². The van der Waals surface area contributed by atoms with Crippen molar-refractivity contribution in [3.05, 3.63) is 45.9 Å². The van der Waals surface area contributed by atoms with Gasteiger partial charge in [-0.25, -0.2) is 4.98 Å². The first-order chi connectivity index (χ1) is 11.2. The second-order valence-corrected chi connectivity index (χ2v) is 6.28. The lowest BCUT2D eigenvalue weighted by molar-refractivity contribution is -0.119. The number of pyridine rings is 1. The van der Waals surface area contributed by atoms with E-state index in [9.17, 15) is 9.59 Å². The van der Waals surface area contributed by atoms with E-state index in [1.54, 1.807) is 28.4 Å². The van der Waals surface area contributed by atoms with E-state index in [-0.39, 0.29) is 23.6 Å². The first-order valence-corrected chi connectivity index (χ1v) is 8.34. The lowest BCUT2D eigenvalue weighted by Crippen LogP contribution is -2.40. The fraction of sp³-hybridized carbons (Fsp3) is 0.235. The molecule has 1 fully saturated rings. The van der Waals surface area contributed by atoms with Gasteiger partial charge in [-0.05, 0) is 42.3 Å². The zero-order chi connectivity index (χ0) is 15.8. The molecule has 1 atom stereocenters.